The van der Waals surface area contributed by atoms with Crippen molar-refractivity contribution in [2.24, 2.45) is 28.9 Å². The van der Waals surface area contributed by atoms with Crippen LogP contribution >= 0.6 is 73.3 Å². The molecule has 0 radical (unpaired) electrons. The highest BCUT2D eigenvalue weighted by Crippen LogP contribution is 2.30. The minimum absolute atomic E-state index is 0.0136. The number of hydrogen-bond acceptors (Lipinski definition) is 22. The molecule has 7 aliphatic heterocycles. The van der Waals surface area contributed by atoms with Crippen LogP contribution in [0.25, 0.3) is 0 Å². The Bertz CT molecular complexity index is 2270. The van der Waals surface area contributed by atoms with Gasteiger partial charge in [-0.2, -0.15) is 19.2 Å². The van der Waals surface area contributed by atoms with Gasteiger partial charge < -0.3 is 93.5 Å². The van der Waals surface area contributed by atoms with E-state index in [0.29, 0.717) is 18.0 Å². The molecule has 1 saturated carbocycles. The van der Waals surface area contributed by atoms with Gasteiger partial charge >= 0.3 is 53.8 Å². The Hall–Kier alpha value is -1.99. The molecule has 0 spiro atoms. The Labute approximate surface area is 599 Å². The van der Waals surface area contributed by atoms with Gasteiger partial charge in [-0.05, 0) is 148 Å². The lowest BCUT2D eigenvalue weighted by Crippen LogP contribution is -2.52. The summed E-state index contributed by atoms with van der Waals surface area (Å²) in [6.07, 6.45) is 25.1. The van der Waals surface area contributed by atoms with E-state index in [1.54, 1.807) is 6.82 Å². The molecule has 22 nitrogen and oxygen atoms in total. The quantitative estimate of drug-likeness (QED) is 0.0731. The Kier molecular flexibility index (Phi) is 47.4. The fourth-order valence-electron chi connectivity index (χ4n) is 13.5. The van der Waals surface area contributed by atoms with Crippen LogP contribution in [0.4, 0.5) is 0 Å². The molecule has 8 fully saturated rings. The third kappa shape index (κ3) is 31.3. The van der Waals surface area contributed by atoms with Crippen molar-refractivity contribution < 1.29 is 49.3 Å². The van der Waals surface area contributed by atoms with Gasteiger partial charge in [-0.25, -0.2) is 0 Å². The van der Waals surface area contributed by atoms with Gasteiger partial charge in [0, 0.05) is 68.4 Å². The van der Waals surface area contributed by atoms with Crippen LogP contribution in [0, 0.1) is 5.92 Å². The zero-order valence-electron chi connectivity index (χ0n) is 58.3. The second kappa shape index (κ2) is 49.5. The van der Waals surface area contributed by atoms with Gasteiger partial charge in [-0.15, -0.1) is 0 Å². The van der Waals surface area contributed by atoms with E-state index in [9.17, 15) is 30.1 Å². The lowest BCUT2D eigenvalue weighted by molar-refractivity contribution is -0.193. The molecule has 1 aliphatic carbocycles. The van der Waals surface area contributed by atoms with Crippen LogP contribution < -0.4 is 38.9 Å². The third-order valence-electron chi connectivity index (χ3n) is 19.0. The molecule has 34 heteroatoms. The molecule has 0 unspecified atom stereocenters. The number of carbonyl (C=O) groups excluding carboxylic acids is 4. The van der Waals surface area contributed by atoms with Crippen molar-refractivity contribution >= 4 is 157 Å². The van der Waals surface area contributed by atoms with Crippen molar-refractivity contribution in [3.63, 3.8) is 0 Å². The predicted molar refractivity (Wildman–Crippen MR) is 411 cm³/mol. The summed E-state index contributed by atoms with van der Waals surface area (Å²) < 4.78 is 0. The maximum absolute atomic E-state index is 9.82. The van der Waals surface area contributed by atoms with Crippen molar-refractivity contribution in [2.75, 3.05) is 45.8 Å². The molecular weight excluding hydrogens is 1310 g/mol. The van der Waals surface area contributed by atoms with Crippen LogP contribution in [-0.2, 0) is 19.2 Å². The van der Waals surface area contributed by atoms with Gasteiger partial charge in [0.05, 0.1) is 66.2 Å². The summed E-state index contributed by atoms with van der Waals surface area (Å²) in [7, 11) is 0. The number of nitrogens with two attached hydrogens (primary N) is 4. The highest BCUT2D eigenvalue weighted by molar-refractivity contribution is 7.81. The van der Waals surface area contributed by atoms with E-state index in [0.717, 1.165) is 172 Å². The lowest BCUT2D eigenvalue weighted by atomic mass is 9.62. The zero-order chi connectivity index (χ0) is 71.4. The molecule has 8 rings (SSSR count). The Morgan fingerprint density at radius 3 is 1.15 bits per heavy atom. The first-order valence-electron chi connectivity index (χ1n) is 34.8. The van der Waals surface area contributed by atoms with Crippen LogP contribution in [0.15, 0.2) is 0 Å². The second-order valence-electron chi connectivity index (χ2n) is 26.5. The summed E-state index contributed by atoms with van der Waals surface area (Å²) >= 11 is 32.3. The molecule has 7 saturated heterocycles. The van der Waals surface area contributed by atoms with Crippen LogP contribution in [0.3, 0.4) is 0 Å². The summed E-state index contributed by atoms with van der Waals surface area (Å²) in [6.45, 7) is 24.0. The van der Waals surface area contributed by atoms with Crippen molar-refractivity contribution in [2.45, 2.75) is 282 Å². The summed E-state index contributed by atoms with van der Waals surface area (Å²) in [5.74, 6) is 1.57. The summed E-state index contributed by atoms with van der Waals surface area (Å²) in [4.78, 5) is 48.4. The van der Waals surface area contributed by atoms with Gasteiger partial charge in [-0.3, -0.25) is 0 Å². The SMILES string of the molecule is CB(O)[C@@H]1CCCN1C(=S)[C@@H](N)C1CCCCC1.CB(O)[C@@H]1CCCN1C(=S)[C@@H]1CCCN1.CB(O)[C@@H]1CCCN1C(=S)[C@H](C)N.CB(O)[C@H](C)NC(=S)[C@@H]1CCCN1.CCC[C@H](N)C(=S)N1CCC[C@H]1B(C)O.CC[C@H](N)C(=S)N1CCC[C@H]1B(C)O.O=C=O.O=C=O. The van der Waals surface area contributed by atoms with Crippen LogP contribution in [0.5, 0.6) is 0 Å². The fraction of sp³-hybridized carbons (Fsp3) is 0.867. The van der Waals surface area contributed by atoms with E-state index in [-0.39, 0.29) is 114 Å². The largest absolute Gasteiger partial charge is 0.449 e. The summed E-state index contributed by atoms with van der Waals surface area (Å²) in [5, 5.41) is 67.4. The van der Waals surface area contributed by atoms with Crippen molar-refractivity contribution in [1.82, 2.24) is 40.4 Å². The predicted octanol–water partition coefficient (Wildman–Crippen LogP) is 3.56. The van der Waals surface area contributed by atoms with Crippen molar-refractivity contribution in [1.29, 1.82) is 0 Å². The monoisotopic (exact) mass is 1420 g/mol. The minimum atomic E-state index is -0.362. The van der Waals surface area contributed by atoms with E-state index in [4.69, 9.17) is 115 Å². The topological polar surface area (TPSA) is 346 Å². The average molecular weight is 1420 g/mol. The summed E-state index contributed by atoms with van der Waals surface area (Å²) in [5.41, 5.74) is 24.0. The second-order valence-corrected chi connectivity index (χ2v) is 29.1. The molecular formula is C60H118B6N12O10S6. The molecule has 7 heterocycles. The maximum Gasteiger partial charge on any atom is 0.373 e. The maximum atomic E-state index is 9.82. The molecule has 0 amide bonds. The first-order chi connectivity index (χ1) is 44.4. The summed E-state index contributed by atoms with van der Waals surface area (Å²) in [6, 6.07) is 0.554. The highest BCUT2D eigenvalue weighted by atomic mass is 32.1. The first kappa shape index (κ1) is 90.0. The molecule has 94 heavy (non-hydrogen) atoms. The van der Waals surface area contributed by atoms with E-state index in [2.05, 4.69) is 47.4 Å². The normalized spacial score (nSPS) is 24.3. The number of likely N-dealkylation sites (tertiary alicyclic amines) is 5. The molecule has 0 bridgehead atoms. The van der Waals surface area contributed by atoms with Crippen molar-refractivity contribution in [3.05, 3.63) is 0 Å². The highest BCUT2D eigenvalue weighted by Gasteiger charge is 2.39. The number of nitrogens with zero attached hydrogens (tertiary/aromatic N) is 5. The zero-order valence-corrected chi connectivity index (χ0v) is 63.2. The molecule has 532 valence electrons. The number of nitrogens with one attached hydrogen (secondary N) is 3. The van der Waals surface area contributed by atoms with E-state index < -0.39 is 0 Å². The molecule has 12 atom stereocenters. The molecule has 0 aromatic carbocycles. The lowest BCUT2D eigenvalue weighted by Gasteiger charge is -2.35. The molecule has 0 aromatic heterocycles. The molecule has 17 N–H and O–H groups in total. The third-order valence-corrected chi connectivity index (χ3v) is 22.1. The van der Waals surface area contributed by atoms with Gasteiger partial charge in [0.25, 0.3) is 0 Å². The Morgan fingerprint density at radius 1 is 0.479 bits per heavy atom. The van der Waals surface area contributed by atoms with Crippen LogP contribution in [0.1, 0.15) is 169 Å². The van der Waals surface area contributed by atoms with E-state index >= 15 is 0 Å². The van der Waals surface area contributed by atoms with Crippen LogP contribution in [-0.4, -0.2) is 256 Å². The van der Waals surface area contributed by atoms with Crippen molar-refractivity contribution in [3.8, 4) is 0 Å². The number of rotatable bonds is 17. The van der Waals surface area contributed by atoms with Gasteiger partial charge in [-0.1, -0.05) is 154 Å². The van der Waals surface area contributed by atoms with Gasteiger partial charge in [0.2, 0.25) is 0 Å². The first-order valence-corrected chi connectivity index (χ1v) is 37.3. The Balaban J connectivity index is 0.000000556. The van der Waals surface area contributed by atoms with Gasteiger partial charge in [0.1, 0.15) is 0 Å². The van der Waals surface area contributed by atoms with Gasteiger partial charge in [0.15, 0.2) is 0 Å². The smallest absolute Gasteiger partial charge is 0.373 e. The molecule has 0 aromatic rings. The van der Waals surface area contributed by atoms with E-state index in [1.165, 1.54) is 44.9 Å². The number of thiocarbonyl (C=S) groups is 6. The fourth-order valence-corrected chi connectivity index (χ4v) is 15.7. The standard InChI is InChI=1S/C13H25BN2OS.C10H19BN2OS.C10H21BN2OS.C9H19BN2OS.2C8H17BN2OS.2CO2/c1-14(17)11-8-5-9-16(11)13(18)12(15)10-6-3-2-4-7-10;1-11(14)9-5-3-7-13(9)10(15)8-4-2-6-12-8;1-3-5-8(12)10(15)13-7-4-6-9(13)11(2)14;1-3-7(11)9(14)12-6-4-5-8(12)10(2)13;1-6(9(2)12)11-8(13)7-4-3-5-10-7;1-6(10)8(13)11-5-3-4-7(11)9(2)12;2*2-1-3/h10-12,17H,2-9,15H2,1H3;8-9,12,14H,2-7H2,1H3;8-9,14H,3-7,12H2,1-2H3;7-8,13H,3-6,11H2,1-2H3;6-7,10,12H,3-5H2,1-2H3,(H,11,13);6-7,12H,3-5,10H2,1-2H3;;/t11-,12-;2*8-,9-;7-,8-;2*6-,7-;;/m000000../s1. The average Bonchev–Trinajstić information content (AvgIpc) is 1.73. The number of hydrogen-bond donors (Lipinski definition) is 13. The minimum Gasteiger partial charge on any atom is -0.449 e. The molecule has 8 aliphatic rings. The Morgan fingerprint density at radius 2 is 0.819 bits per heavy atom. The van der Waals surface area contributed by atoms with E-state index in [1.807, 2.05) is 54.9 Å². The van der Waals surface area contributed by atoms with Crippen LogP contribution in [0.2, 0.25) is 40.9 Å².